The van der Waals surface area contributed by atoms with Crippen molar-refractivity contribution in [3.05, 3.63) is 78.6 Å². The van der Waals surface area contributed by atoms with Gasteiger partial charge in [-0.1, -0.05) is 18.2 Å². The highest BCUT2D eigenvalue weighted by Gasteiger charge is 2.10. The smallest absolute Gasteiger partial charge is 0.274 e. The van der Waals surface area contributed by atoms with E-state index >= 15 is 0 Å². The molecule has 0 radical (unpaired) electrons. The lowest BCUT2D eigenvalue weighted by Crippen LogP contribution is -2.15. The Hall–Kier alpha value is -3.34. The number of ether oxygens (including phenoxy) is 1. The van der Waals surface area contributed by atoms with Crippen LogP contribution in [0.5, 0.6) is 5.75 Å². The third-order valence-corrected chi connectivity index (χ3v) is 3.93. The number of carbonyl (C=O) groups is 1. The second-order valence-electron chi connectivity index (χ2n) is 5.71. The standard InChI is InChI=1S/C21H21N3O2/c1-3-26-19-12-9-16(10-13-19)23-21(25)20-14-11-18(15-22-20)24(2)17-7-5-4-6-8-17/h4-15H,3H2,1-2H3,(H,23,25). The number of hydrogen-bond donors (Lipinski definition) is 1. The Bertz CT molecular complexity index is 847. The first-order valence-corrected chi connectivity index (χ1v) is 8.46. The van der Waals surface area contributed by atoms with Gasteiger partial charge in [0.2, 0.25) is 0 Å². The zero-order chi connectivity index (χ0) is 18.4. The SMILES string of the molecule is CCOc1ccc(NC(=O)c2ccc(N(C)c3ccccc3)cn2)cc1. The number of amides is 1. The van der Waals surface area contributed by atoms with Gasteiger partial charge in [-0.05, 0) is 55.5 Å². The Morgan fingerprint density at radius 3 is 2.35 bits per heavy atom. The molecule has 1 heterocycles. The fourth-order valence-corrected chi connectivity index (χ4v) is 2.52. The van der Waals surface area contributed by atoms with Crippen LogP contribution in [-0.4, -0.2) is 24.5 Å². The summed E-state index contributed by atoms with van der Waals surface area (Å²) >= 11 is 0. The molecule has 26 heavy (non-hydrogen) atoms. The van der Waals surface area contributed by atoms with Crippen molar-refractivity contribution in [2.24, 2.45) is 0 Å². The summed E-state index contributed by atoms with van der Waals surface area (Å²) in [5.74, 6) is 0.528. The van der Waals surface area contributed by atoms with Gasteiger partial charge in [0.1, 0.15) is 11.4 Å². The predicted octanol–water partition coefficient (Wildman–Crippen LogP) is 4.50. The summed E-state index contributed by atoms with van der Waals surface area (Å²) in [6.45, 7) is 2.54. The molecule has 5 nitrogen and oxygen atoms in total. The fraction of sp³-hybridized carbons (Fsp3) is 0.143. The Kier molecular flexibility index (Phi) is 5.49. The van der Waals surface area contributed by atoms with Crippen LogP contribution in [0.2, 0.25) is 0 Å². The first-order valence-electron chi connectivity index (χ1n) is 8.46. The van der Waals surface area contributed by atoms with Gasteiger partial charge in [0.25, 0.3) is 5.91 Å². The van der Waals surface area contributed by atoms with Gasteiger partial charge in [0.15, 0.2) is 0 Å². The van der Waals surface area contributed by atoms with Gasteiger partial charge in [-0.15, -0.1) is 0 Å². The molecule has 0 aliphatic rings. The molecule has 1 aromatic heterocycles. The van der Waals surface area contributed by atoms with Crippen molar-refractivity contribution >= 4 is 23.0 Å². The van der Waals surface area contributed by atoms with Gasteiger partial charge >= 0.3 is 0 Å². The zero-order valence-corrected chi connectivity index (χ0v) is 14.8. The van der Waals surface area contributed by atoms with Gasteiger partial charge in [0, 0.05) is 18.4 Å². The summed E-state index contributed by atoms with van der Waals surface area (Å²) in [6, 6.07) is 20.8. The molecule has 0 atom stereocenters. The molecule has 132 valence electrons. The van der Waals surface area contributed by atoms with E-state index in [-0.39, 0.29) is 5.91 Å². The minimum Gasteiger partial charge on any atom is -0.494 e. The largest absolute Gasteiger partial charge is 0.494 e. The summed E-state index contributed by atoms with van der Waals surface area (Å²) in [7, 11) is 1.96. The summed E-state index contributed by atoms with van der Waals surface area (Å²) in [6.07, 6.45) is 1.69. The Morgan fingerprint density at radius 2 is 1.73 bits per heavy atom. The number of nitrogens with one attached hydrogen (secondary N) is 1. The lowest BCUT2D eigenvalue weighted by molar-refractivity contribution is 0.102. The van der Waals surface area contributed by atoms with Crippen LogP contribution in [0.3, 0.4) is 0 Å². The van der Waals surface area contributed by atoms with Crippen molar-refractivity contribution in [2.45, 2.75) is 6.92 Å². The van der Waals surface area contributed by atoms with Crippen molar-refractivity contribution in [1.82, 2.24) is 4.98 Å². The van der Waals surface area contributed by atoms with Crippen LogP contribution < -0.4 is 15.0 Å². The van der Waals surface area contributed by atoms with Crippen LogP contribution in [0.1, 0.15) is 17.4 Å². The number of benzene rings is 2. The van der Waals surface area contributed by atoms with Crippen LogP contribution in [0, 0.1) is 0 Å². The number of pyridine rings is 1. The molecule has 5 heteroatoms. The molecule has 0 unspecified atom stereocenters. The molecule has 2 aromatic carbocycles. The first-order chi connectivity index (χ1) is 12.7. The van der Waals surface area contributed by atoms with E-state index in [1.807, 2.05) is 67.4 Å². The number of aromatic nitrogens is 1. The van der Waals surface area contributed by atoms with Gasteiger partial charge in [-0.2, -0.15) is 0 Å². The molecule has 3 aromatic rings. The summed E-state index contributed by atoms with van der Waals surface area (Å²) in [5.41, 5.74) is 3.03. The average Bonchev–Trinajstić information content (AvgIpc) is 2.70. The average molecular weight is 347 g/mol. The van der Waals surface area contributed by atoms with E-state index in [1.54, 1.807) is 24.4 Å². The summed E-state index contributed by atoms with van der Waals surface area (Å²) < 4.78 is 5.39. The van der Waals surface area contributed by atoms with Crippen LogP contribution in [0.25, 0.3) is 0 Å². The molecular formula is C21H21N3O2. The van der Waals surface area contributed by atoms with Crippen LogP contribution in [0.4, 0.5) is 17.1 Å². The lowest BCUT2D eigenvalue weighted by Gasteiger charge is -2.19. The second-order valence-corrected chi connectivity index (χ2v) is 5.71. The lowest BCUT2D eigenvalue weighted by atomic mass is 10.2. The molecule has 0 aliphatic heterocycles. The normalized spacial score (nSPS) is 10.2. The minimum absolute atomic E-state index is 0.247. The van der Waals surface area contributed by atoms with Crippen LogP contribution in [-0.2, 0) is 0 Å². The van der Waals surface area contributed by atoms with Crippen molar-refractivity contribution < 1.29 is 9.53 Å². The van der Waals surface area contributed by atoms with E-state index in [0.29, 0.717) is 18.0 Å². The minimum atomic E-state index is -0.247. The zero-order valence-electron chi connectivity index (χ0n) is 14.8. The molecular weight excluding hydrogens is 326 g/mol. The van der Waals surface area contributed by atoms with E-state index in [9.17, 15) is 4.79 Å². The van der Waals surface area contributed by atoms with E-state index in [2.05, 4.69) is 10.3 Å². The third kappa shape index (κ3) is 4.19. The monoisotopic (exact) mass is 347 g/mol. The molecule has 0 spiro atoms. The molecule has 1 N–H and O–H groups in total. The highest BCUT2D eigenvalue weighted by Crippen LogP contribution is 2.22. The first kappa shape index (κ1) is 17.5. The van der Waals surface area contributed by atoms with E-state index in [4.69, 9.17) is 4.74 Å². The Morgan fingerprint density at radius 1 is 1.00 bits per heavy atom. The second kappa shape index (κ2) is 8.16. The topological polar surface area (TPSA) is 54.5 Å². The molecule has 0 aliphatic carbocycles. The number of nitrogens with zero attached hydrogens (tertiary/aromatic N) is 2. The number of rotatable bonds is 6. The Labute approximate surface area is 153 Å². The Balaban J connectivity index is 1.67. The number of carbonyl (C=O) groups excluding carboxylic acids is 1. The van der Waals surface area contributed by atoms with Crippen molar-refractivity contribution in [1.29, 1.82) is 0 Å². The van der Waals surface area contributed by atoms with Crippen LogP contribution in [0.15, 0.2) is 72.9 Å². The maximum absolute atomic E-state index is 12.4. The summed E-state index contributed by atoms with van der Waals surface area (Å²) in [4.78, 5) is 18.7. The third-order valence-electron chi connectivity index (χ3n) is 3.93. The van der Waals surface area contributed by atoms with E-state index in [1.165, 1.54) is 0 Å². The van der Waals surface area contributed by atoms with Crippen LogP contribution >= 0.6 is 0 Å². The molecule has 0 bridgehead atoms. The molecule has 3 rings (SSSR count). The van der Waals surface area contributed by atoms with E-state index < -0.39 is 0 Å². The summed E-state index contributed by atoms with van der Waals surface area (Å²) in [5, 5.41) is 2.84. The van der Waals surface area contributed by atoms with Crippen molar-refractivity contribution in [3.8, 4) is 5.75 Å². The maximum Gasteiger partial charge on any atom is 0.274 e. The van der Waals surface area contributed by atoms with Gasteiger partial charge < -0.3 is 15.0 Å². The molecule has 0 saturated carbocycles. The van der Waals surface area contributed by atoms with Gasteiger partial charge in [-0.3, -0.25) is 4.79 Å². The maximum atomic E-state index is 12.4. The quantitative estimate of drug-likeness (QED) is 0.713. The number of hydrogen-bond acceptors (Lipinski definition) is 4. The number of anilines is 3. The molecule has 0 fully saturated rings. The van der Waals surface area contributed by atoms with Crippen molar-refractivity contribution in [3.63, 3.8) is 0 Å². The fourth-order valence-electron chi connectivity index (χ4n) is 2.52. The highest BCUT2D eigenvalue weighted by atomic mass is 16.5. The van der Waals surface area contributed by atoms with Gasteiger partial charge in [0.05, 0.1) is 18.5 Å². The highest BCUT2D eigenvalue weighted by molar-refractivity contribution is 6.03. The molecule has 0 saturated heterocycles. The predicted molar refractivity (Wildman–Crippen MR) is 104 cm³/mol. The number of para-hydroxylation sites is 1. The van der Waals surface area contributed by atoms with E-state index in [0.717, 1.165) is 17.1 Å². The molecule has 1 amide bonds. The van der Waals surface area contributed by atoms with Crippen molar-refractivity contribution in [2.75, 3.05) is 23.9 Å². The van der Waals surface area contributed by atoms with Gasteiger partial charge in [-0.25, -0.2) is 4.98 Å².